The normalized spacial score (nSPS) is 26.8. The van der Waals surface area contributed by atoms with Crippen LogP contribution >= 0.6 is 0 Å². The molecule has 124 valence electrons. The number of amides is 1. The molecule has 4 N–H and O–H groups in total. The summed E-state index contributed by atoms with van der Waals surface area (Å²) in [5.41, 5.74) is 7.59. The van der Waals surface area contributed by atoms with Gasteiger partial charge in [0.25, 0.3) is 0 Å². The van der Waals surface area contributed by atoms with E-state index in [1.165, 1.54) is 5.39 Å². The Hall–Kier alpha value is -1.92. The van der Waals surface area contributed by atoms with E-state index in [0.717, 1.165) is 24.3 Å². The Morgan fingerprint density at radius 2 is 1.87 bits per heavy atom. The number of hydrogen-bond donors (Lipinski definition) is 1. The number of rotatable bonds is 3. The second-order valence-electron chi connectivity index (χ2n) is 7.21. The van der Waals surface area contributed by atoms with Crippen LogP contribution in [-0.2, 0) is 17.4 Å². The van der Waals surface area contributed by atoms with Crippen molar-refractivity contribution in [3.8, 4) is 0 Å². The van der Waals surface area contributed by atoms with Crippen LogP contribution < -0.4 is 5.73 Å². The van der Waals surface area contributed by atoms with Gasteiger partial charge in [0.15, 0.2) is 0 Å². The van der Waals surface area contributed by atoms with Gasteiger partial charge in [0.2, 0.25) is 5.91 Å². The maximum Gasteiger partial charge on any atom is 0.221 e. The summed E-state index contributed by atoms with van der Waals surface area (Å²) in [6, 6.07) is 8.35. The largest absolute Gasteiger partial charge is 0.412 e. The van der Waals surface area contributed by atoms with Crippen LogP contribution in [0, 0.1) is 17.8 Å². The highest BCUT2D eigenvalue weighted by molar-refractivity contribution is 5.83. The fraction of sp³-hybridized carbons (Fsp3) is 0.529. The smallest absolute Gasteiger partial charge is 0.221 e. The summed E-state index contributed by atoms with van der Waals surface area (Å²) >= 11 is 0. The molecule has 2 atom stereocenters. The number of para-hydroxylation sites is 1. The molecule has 1 amide bonds. The van der Waals surface area contributed by atoms with Gasteiger partial charge in [-0.25, -0.2) is 0 Å². The van der Waals surface area contributed by atoms with Gasteiger partial charge in [-0.05, 0) is 31.7 Å². The second kappa shape index (κ2) is 5.04. The molecule has 1 saturated carbocycles. The summed E-state index contributed by atoms with van der Waals surface area (Å²) in [6.07, 6.45) is 0. The zero-order chi connectivity index (χ0) is 15.6. The quantitative estimate of drug-likeness (QED) is 0.900. The predicted molar refractivity (Wildman–Crippen MR) is 88.6 cm³/mol. The van der Waals surface area contributed by atoms with Crippen molar-refractivity contribution in [3.05, 3.63) is 30.0 Å². The first kappa shape index (κ1) is 16.0. The SMILES string of the molecule is Cn1nc(C(C)(C)N2CC3C(C2)C3C(N)=O)c2ccccc21.O. The van der Waals surface area contributed by atoms with Crippen LogP contribution in [0.25, 0.3) is 10.9 Å². The number of carbonyl (C=O) groups is 1. The molecule has 1 aliphatic heterocycles. The molecule has 2 aliphatic rings. The highest BCUT2D eigenvalue weighted by Gasteiger charge is 2.60. The lowest BCUT2D eigenvalue weighted by Crippen LogP contribution is -2.43. The second-order valence-corrected chi connectivity index (χ2v) is 7.21. The van der Waals surface area contributed by atoms with Gasteiger partial charge in [-0.1, -0.05) is 18.2 Å². The Morgan fingerprint density at radius 1 is 1.26 bits per heavy atom. The highest BCUT2D eigenvalue weighted by atomic mass is 16.1. The van der Waals surface area contributed by atoms with Crippen LogP contribution in [0.4, 0.5) is 0 Å². The van der Waals surface area contributed by atoms with Gasteiger partial charge in [0, 0.05) is 31.4 Å². The molecular weight excluding hydrogens is 292 g/mol. The van der Waals surface area contributed by atoms with Gasteiger partial charge in [0.1, 0.15) is 0 Å². The molecule has 1 aromatic heterocycles. The minimum atomic E-state index is -0.142. The lowest BCUT2D eigenvalue weighted by molar-refractivity contribution is -0.120. The third kappa shape index (κ3) is 2.16. The predicted octanol–water partition coefficient (Wildman–Crippen LogP) is 0.647. The minimum absolute atomic E-state index is 0. The van der Waals surface area contributed by atoms with E-state index in [1.54, 1.807) is 0 Å². The number of aryl methyl sites for hydroxylation is 1. The topological polar surface area (TPSA) is 95.7 Å². The number of carbonyl (C=O) groups excluding carboxylic acids is 1. The highest BCUT2D eigenvalue weighted by Crippen LogP contribution is 2.54. The fourth-order valence-corrected chi connectivity index (χ4v) is 4.22. The maximum atomic E-state index is 11.4. The number of likely N-dealkylation sites (tertiary alicyclic amines) is 1. The lowest BCUT2D eigenvalue weighted by atomic mass is 9.94. The molecule has 2 unspecified atom stereocenters. The Morgan fingerprint density at radius 3 is 2.48 bits per heavy atom. The third-order valence-corrected chi connectivity index (χ3v) is 5.65. The number of piperidine rings is 1. The Bertz CT molecular complexity index is 755. The van der Waals surface area contributed by atoms with Crippen molar-refractivity contribution in [2.45, 2.75) is 19.4 Å². The zero-order valence-electron chi connectivity index (χ0n) is 13.8. The van der Waals surface area contributed by atoms with E-state index in [0.29, 0.717) is 11.8 Å². The van der Waals surface area contributed by atoms with E-state index in [2.05, 4.69) is 36.9 Å². The molecular formula is C17H24N4O2. The van der Waals surface area contributed by atoms with Crippen LogP contribution in [-0.4, -0.2) is 39.2 Å². The monoisotopic (exact) mass is 316 g/mol. The standard InChI is InChI=1S/C17H22N4O.H2O/c1-17(2,21-8-11-12(9-21)14(11)16(18)22)15-10-6-4-5-7-13(10)20(3)19-15;/h4-7,11-12,14H,8-9H2,1-3H3,(H2,18,22);1H2. The molecule has 23 heavy (non-hydrogen) atoms. The molecule has 0 radical (unpaired) electrons. The molecule has 4 rings (SSSR count). The van der Waals surface area contributed by atoms with Gasteiger partial charge in [0.05, 0.1) is 16.7 Å². The first-order valence-electron chi connectivity index (χ1n) is 7.88. The first-order chi connectivity index (χ1) is 10.4. The molecule has 6 heteroatoms. The van der Waals surface area contributed by atoms with Crippen LogP contribution in [0.2, 0.25) is 0 Å². The maximum absolute atomic E-state index is 11.4. The first-order valence-corrected chi connectivity index (χ1v) is 7.88. The Labute approximate surface area is 135 Å². The van der Waals surface area contributed by atoms with Crippen LogP contribution in [0.3, 0.4) is 0 Å². The van der Waals surface area contributed by atoms with Crippen molar-refractivity contribution < 1.29 is 10.3 Å². The minimum Gasteiger partial charge on any atom is -0.412 e. The number of primary amides is 1. The molecule has 2 aromatic rings. The van der Waals surface area contributed by atoms with E-state index < -0.39 is 0 Å². The van der Waals surface area contributed by atoms with Crippen molar-refractivity contribution >= 4 is 16.8 Å². The average molecular weight is 316 g/mol. The van der Waals surface area contributed by atoms with E-state index in [1.807, 2.05) is 17.8 Å². The molecule has 1 aliphatic carbocycles. The van der Waals surface area contributed by atoms with E-state index in [9.17, 15) is 4.79 Å². The number of hydrogen-bond acceptors (Lipinski definition) is 3. The van der Waals surface area contributed by atoms with Gasteiger partial charge < -0.3 is 11.2 Å². The molecule has 2 fully saturated rings. The number of fused-ring (bicyclic) bond motifs is 2. The molecule has 6 nitrogen and oxygen atoms in total. The summed E-state index contributed by atoms with van der Waals surface area (Å²) in [5, 5.41) is 5.99. The summed E-state index contributed by atoms with van der Waals surface area (Å²) in [7, 11) is 1.99. The summed E-state index contributed by atoms with van der Waals surface area (Å²) < 4.78 is 1.95. The van der Waals surface area contributed by atoms with Crippen molar-refractivity contribution in [1.29, 1.82) is 0 Å². The van der Waals surface area contributed by atoms with Gasteiger partial charge >= 0.3 is 0 Å². The number of benzene rings is 1. The average Bonchev–Trinajstić information content (AvgIpc) is 2.82. The van der Waals surface area contributed by atoms with E-state index in [4.69, 9.17) is 10.8 Å². The Kier molecular flexibility index (Phi) is 3.50. The third-order valence-electron chi connectivity index (χ3n) is 5.65. The van der Waals surface area contributed by atoms with Gasteiger partial charge in [-0.15, -0.1) is 0 Å². The van der Waals surface area contributed by atoms with Gasteiger partial charge in [-0.3, -0.25) is 14.4 Å². The molecule has 1 aromatic carbocycles. The van der Waals surface area contributed by atoms with Crippen molar-refractivity contribution in [2.24, 2.45) is 30.5 Å². The van der Waals surface area contributed by atoms with Crippen molar-refractivity contribution in [2.75, 3.05) is 13.1 Å². The van der Waals surface area contributed by atoms with Crippen molar-refractivity contribution in [1.82, 2.24) is 14.7 Å². The summed E-state index contributed by atoms with van der Waals surface area (Å²) in [6.45, 7) is 6.34. The summed E-state index contributed by atoms with van der Waals surface area (Å²) in [5.74, 6) is 0.877. The number of nitrogens with two attached hydrogens (primary N) is 1. The molecule has 1 saturated heterocycles. The molecule has 2 heterocycles. The van der Waals surface area contributed by atoms with Crippen LogP contribution in [0.1, 0.15) is 19.5 Å². The summed E-state index contributed by atoms with van der Waals surface area (Å²) in [4.78, 5) is 13.8. The molecule has 0 bridgehead atoms. The fourth-order valence-electron chi connectivity index (χ4n) is 4.22. The zero-order valence-corrected chi connectivity index (χ0v) is 13.8. The van der Waals surface area contributed by atoms with E-state index >= 15 is 0 Å². The lowest BCUT2D eigenvalue weighted by Gasteiger charge is -2.36. The van der Waals surface area contributed by atoms with Crippen LogP contribution in [0.15, 0.2) is 24.3 Å². The molecule has 0 spiro atoms. The Balaban J connectivity index is 0.00000156. The van der Waals surface area contributed by atoms with E-state index in [-0.39, 0.29) is 22.8 Å². The number of aromatic nitrogens is 2. The number of nitrogens with zero attached hydrogens (tertiary/aromatic N) is 3. The van der Waals surface area contributed by atoms with Crippen molar-refractivity contribution in [3.63, 3.8) is 0 Å². The van der Waals surface area contributed by atoms with Gasteiger partial charge in [-0.2, -0.15) is 5.10 Å². The van der Waals surface area contributed by atoms with Crippen LogP contribution in [0.5, 0.6) is 0 Å².